The van der Waals surface area contributed by atoms with E-state index in [-0.39, 0.29) is 24.3 Å². The van der Waals surface area contributed by atoms with Gasteiger partial charge in [-0.3, -0.25) is 19.5 Å². The standard InChI is InChI=1S/C32H36N4O3/c1-22(2)19-35(31(38)26-13-17-28(39-5)18-14-26)21-30(37)34-32-33-29(25-9-7-6-8-10-25)20-36(32)27-15-11-24(12-16-27)23(3)4/h6-18,20,22-23H,19,21H2,1-5H3,(H,33,34,37). The van der Waals surface area contributed by atoms with E-state index < -0.39 is 0 Å². The molecule has 0 radical (unpaired) electrons. The Balaban J connectivity index is 1.60. The summed E-state index contributed by atoms with van der Waals surface area (Å²) in [6, 6.07) is 25.0. The van der Waals surface area contributed by atoms with Crippen LogP contribution in [0.5, 0.6) is 5.75 Å². The van der Waals surface area contributed by atoms with Crippen LogP contribution >= 0.6 is 0 Å². The quantitative estimate of drug-likeness (QED) is 0.260. The van der Waals surface area contributed by atoms with Gasteiger partial charge in [-0.1, -0.05) is 70.2 Å². The van der Waals surface area contributed by atoms with Gasteiger partial charge >= 0.3 is 0 Å². The number of amides is 2. The van der Waals surface area contributed by atoms with Gasteiger partial charge in [0.15, 0.2) is 0 Å². The number of carbonyl (C=O) groups excluding carboxylic acids is 2. The van der Waals surface area contributed by atoms with E-state index in [1.807, 2.05) is 67.1 Å². The number of methoxy groups -OCH3 is 1. The number of rotatable bonds is 10. The second-order valence-corrected chi connectivity index (χ2v) is 10.3. The van der Waals surface area contributed by atoms with Crippen LogP contribution in [0.25, 0.3) is 16.9 Å². The zero-order chi connectivity index (χ0) is 27.9. The summed E-state index contributed by atoms with van der Waals surface area (Å²) in [4.78, 5) is 33.0. The van der Waals surface area contributed by atoms with Crippen molar-refractivity contribution in [3.05, 3.63) is 96.2 Å². The summed E-state index contributed by atoms with van der Waals surface area (Å²) in [7, 11) is 1.58. The second kappa shape index (κ2) is 12.4. The zero-order valence-corrected chi connectivity index (χ0v) is 23.2. The molecule has 0 fully saturated rings. The van der Waals surface area contributed by atoms with Crippen molar-refractivity contribution in [2.24, 2.45) is 5.92 Å². The number of nitrogens with zero attached hydrogens (tertiary/aromatic N) is 3. The SMILES string of the molecule is COc1ccc(C(=O)N(CC(=O)Nc2nc(-c3ccccc3)cn2-c2ccc(C(C)C)cc2)CC(C)C)cc1. The number of carbonyl (C=O) groups is 2. The van der Waals surface area contributed by atoms with Gasteiger partial charge in [0.2, 0.25) is 11.9 Å². The molecule has 0 unspecified atom stereocenters. The van der Waals surface area contributed by atoms with Crippen molar-refractivity contribution in [3.8, 4) is 22.7 Å². The molecule has 4 rings (SSSR count). The molecule has 0 aliphatic carbocycles. The summed E-state index contributed by atoms with van der Waals surface area (Å²) >= 11 is 0. The summed E-state index contributed by atoms with van der Waals surface area (Å²) in [5, 5.41) is 2.96. The van der Waals surface area contributed by atoms with Gasteiger partial charge in [-0.25, -0.2) is 4.98 Å². The molecule has 1 aromatic heterocycles. The second-order valence-electron chi connectivity index (χ2n) is 10.3. The Hall–Kier alpha value is -4.39. The fraction of sp³-hybridized carbons (Fsp3) is 0.281. The lowest BCUT2D eigenvalue weighted by Gasteiger charge is -2.24. The molecule has 3 aromatic carbocycles. The molecule has 2 amide bonds. The first kappa shape index (κ1) is 27.6. The number of aromatic nitrogens is 2. The van der Waals surface area contributed by atoms with Gasteiger partial charge in [-0.05, 0) is 53.8 Å². The van der Waals surface area contributed by atoms with Gasteiger partial charge < -0.3 is 9.64 Å². The van der Waals surface area contributed by atoms with Crippen molar-refractivity contribution in [3.63, 3.8) is 0 Å². The van der Waals surface area contributed by atoms with E-state index in [2.05, 4.69) is 31.3 Å². The number of hydrogen-bond donors (Lipinski definition) is 1. The smallest absolute Gasteiger partial charge is 0.254 e. The van der Waals surface area contributed by atoms with Crippen molar-refractivity contribution in [2.75, 3.05) is 25.5 Å². The molecule has 1 heterocycles. The molecule has 202 valence electrons. The first-order valence-electron chi connectivity index (χ1n) is 13.2. The third-order valence-corrected chi connectivity index (χ3v) is 6.41. The number of imidazole rings is 1. The Morgan fingerprint density at radius 1 is 0.923 bits per heavy atom. The van der Waals surface area contributed by atoms with Crippen LogP contribution in [-0.4, -0.2) is 46.5 Å². The highest BCUT2D eigenvalue weighted by molar-refractivity contribution is 5.99. The van der Waals surface area contributed by atoms with E-state index >= 15 is 0 Å². The Kier molecular flexibility index (Phi) is 8.81. The molecule has 0 saturated heterocycles. The van der Waals surface area contributed by atoms with Gasteiger partial charge in [0.1, 0.15) is 12.3 Å². The molecular formula is C32H36N4O3. The lowest BCUT2D eigenvalue weighted by molar-refractivity contribution is -0.117. The monoisotopic (exact) mass is 524 g/mol. The van der Waals surface area contributed by atoms with Crippen molar-refractivity contribution in [1.29, 1.82) is 0 Å². The maximum atomic E-state index is 13.3. The minimum Gasteiger partial charge on any atom is -0.497 e. The summed E-state index contributed by atoms with van der Waals surface area (Å²) in [6.07, 6.45) is 1.92. The minimum atomic E-state index is -0.317. The van der Waals surface area contributed by atoms with Crippen molar-refractivity contribution < 1.29 is 14.3 Å². The molecule has 0 atom stereocenters. The number of benzene rings is 3. The molecule has 39 heavy (non-hydrogen) atoms. The normalized spacial score (nSPS) is 11.1. The lowest BCUT2D eigenvalue weighted by Crippen LogP contribution is -2.40. The van der Waals surface area contributed by atoms with E-state index in [1.165, 1.54) is 5.56 Å². The number of nitrogens with one attached hydrogen (secondary N) is 1. The van der Waals surface area contributed by atoms with Gasteiger partial charge in [0.25, 0.3) is 5.91 Å². The van der Waals surface area contributed by atoms with Crippen molar-refractivity contribution in [2.45, 2.75) is 33.6 Å². The van der Waals surface area contributed by atoms with E-state index in [0.29, 0.717) is 29.7 Å². The molecular weight excluding hydrogens is 488 g/mol. The van der Waals surface area contributed by atoms with Crippen molar-refractivity contribution >= 4 is 17.8 Å². The summed E-state index contributed by atoms with van der Waals surface area (Å²) in [5.74, 6) is 1.14. The molecule has 0 aliphatic heterocycles. The van der Waals surface area contributed by atoms with E-state index in [1.54, 1.807) is 36.3 Å². The first-order valence-corrected chi connectivity index (χ1v) is 13.2. The lowest BCUT2D eigenvalue weighted by atomic mass is 10.0. The molecule has 1 N–H and O–H groups in total. The molecule has 7 heteroatoms. The molecule has 7 nitrogen and oxygen atoms in total. The fourth-order valence-corrected chi connectivity index (χ4v) is 4.35. The van der Waals surface area contributed by atoms with Crippen LogP contribution in [0.15, 0.2) is 85.1 Å². The minimum absolute atomic E-state index is 0.0944. The Morgan fingerprint density at radius 3 is 2.18 bits per heavy atom. The average molecular weight is 525 g/mol. The van der Waals surface area contributed by atoms with Crippen LogP contribution < -0.4 is 10.1 Å². The van der Waals surface area contributed by atoms with Crippen LogP contribution in [0.2, 0.25) is 0 Å². The highest BCUT2D eigenvalue weighted by Crippen LogP contribution is 2.26. The molecule has 4 aromatic rings. The zero-order valence-electron chi connectivity index (χ0n) is 23.2. The number of ether oxygens (including phenoxy) is 1. The summed E-state index contributed by atoms with van der Waals surface area (Å²) in [5.41, 5.74) is 4.31. The topological polar surface area (TPSA) is 76.5 Å². The summed E-state index contributed by atoms with van der Waals surface area (Å²) in [6.45, 7) is 8.70. The Bertz CT molecular complexity index is 1390. The van der Waals surface area contributed by atoms with Crippen LogP contribution in [0.1, 0.15) is 49.5 Å². The van der Waals surface area contributed by atoms with Gasteiger partial charge in [-0.2, -0.15) is 0 Å². The highest BCUT2D eigenvalue weighted by Gasteiger charge is 2.22. The largest absolute Gasteiger partial charge is 0.497 e. The number of hydrogen-bond acceptors (Lipinski definition) is 4. The highest BCUT2D eigenvalue weighted by atomic mass is 16.5. The van der Waals surface area contributed by atoms with Crippen molar-refractivity contribution in [1.82, 2.24) is 14.5 Å². The van der Waals surface area contributed by atoms with Crippen LogP contribution in [0, 0.1) is 5.92 Å². The maximum absolute atomic E-state index is 13.3. The van der Waals surface area contributed by atoms with Gasteiger partial charge in [-0.15, -0.1) is 0 Å². The number of anilines is 1. The first-order chi connectivity index (χ1) is 18.7. The predicted molar refractivity (Wildman–Crippen MR) is 155 cm³/mol. The third-order valence-electron chi connectivity index (χ3n) is 6.41. The fourth-order valence-electron chi connectivity index (χ4n) is 4.35. The van der Waals surface area contributed by atoms with Gasteiger partial charge in [0.05, 0.1) is 12.8 Å². The van der Waals surface area contributed by atoms with Crippen LogP contribution in [0.4, 0.5) is 5.95 Å². The van der Waals surface area contributed by atoms with E-state index in [0.717, 1.165) is 16.9 Å². The predicted octanol–water partition coefficient (Wildman–Crippen LogP) is 6.41. The Labute approximate surface area is 230 Å². The molecule has 0 bridgehead atoms. The van der Waals surface area contributed by atoms with Gasteiger partial charge in [0, 0.05) is 29.6 Å². The summed E-state index contributed by atoms with van der Waals surface area (Å²) < 4.78 is 7.08. The maximum Gasteiger partial charge on any atom is 0.254 e. The average Bonchev–Trinajstić information content (AvgIpc) is 3.36. The molecule has 0 saturated carbocycles. The Morgan fingerprint density at radius 2 is 1.59 bits per heavy atom. The molecule has 0 aliphatic rings. The van der Waals surface area contributed by atoms with E-state index in [9.17, 15) is 9.59 Å². The molecule has 0 spiro atoms. The third kappa shape index (κ3) is 6.93. The van der Waals surface area contributed by atoms with Crippen LogP contribution in [-0.2, 0) is 4.79 Å². The van der Waals surface area contributed by atoms with Crippen LogP contribution in [0.3, 0.4) is 0 Å². The van der Waals surface area contributed by atoms with E-state index in [4.69, 9.17) is 9.72 Å².